The summed E-state index contributed by atoms with van der Waals surface area (Å²) in [6.07, 6.45) is 1.47. The second kappa shape index (κ2) is 4.47. The molecular formula is C18H13ClF3NO2. The van der Waals surface area contributed by atoms with Crippen LogP contribution in [0.2, 0.25) is 5.02 Å². The van der Waals surface area contributed by atoms with E-state index in [4.69, 9.17) is 11.6 Å². The van der Waals surface area contributed by atoms with E-state index in [1.54, 1.807) is 0 Å². The van der Waals surface area contributed by atoms with Crippen LogP contribution in [0.25, 0.3) is 0 Å². The molecular weight excluding hydrogens is 355 g/mol. The molecule has 1 spiro atoms. The van der Waals surface area contributed by atoms with E-state index in [1.807, 2.05) is 12.2 Å². The van der Waals surface area contributed by atoms with Crippen LogP contribution in [-0.4, -0.2) is 11.8 Å². The minimum absolute atomic E-state index is 0.0218. The van der Waals surface area contributed by atoms with Crippen LogP contribution in [0.15, 0.2) is 30.4 Å². The summed E-state index contributed by atoms with van der Waals surface area (Å²) in [5.74, 6) is -1.72. The Hall–Kier alpha value is -1.82. The molecule has 4 aliphatic rings. The second-order valence-corrected chi connectivity index (χ2v) is 7.80. The lowest BCUT2D eigenvalue weighted by atomic mass is 9.85. The molecule has 1 saturated heterocycles. The summed E-state index contributed by atoms with van der Waals surface area (Å²) >= 11 is 6.04. The maximum atomic E-state index is 13.0. The Labute approximate surface area is 146 Å². The lowest BCUT2D eigenvalue weighted by molar-refractivity contribution is -0.137. The first-order valence-corrected chi connectivity index (χ1v) is 8.56. The summed E-state index contributed by atoms with van der Waals surface area (Å²) in [6.45, 7) is 0. The molecule has 2 bridgehead atoms. The monoisotopic (exact) mass is 367 g/mol. The van der Waals surface area contributed by atoms with Gasteiger partial charge in [0.15, 0.2) is 0 Å². The van der Waals surface area contributed by atoms with E-state index >= 15 is 0 Å². The molecule has 0 N–H and O–H groups in total. The number of alkyl halides is 3. The predicted octanol–water partition coefficient (Wildman–Crippen LogP) is 4.06. The smallest absolute Gasteiger partial charge is 0.274 e. The Kier molecular flexibility index (Phi) is 2.76. The molecule has 3 nitrogen and oxygen atoms in total. The third-order valence-electron chi connectivity index (χ3n) is 6.37. The lowest BCUT2D eigenvalue weighted by Gasteiger charge is -2.23. The Bertz CT molecular complexity index is 824. The number of hydrogen-bond acceptors (Lipinski definition) is 2. The Morgan fingerprint density at radius 2 is 1.60 bits per heavy atom. The van der Waals surface area contributed by atoms with Crippen LogP contribution < -0.4 is 4.90 Å². The predicted molar refractivity (Wildman–Crippen MR) is 83.7 cm³/mol. The van der Waals surface area contributed by atoms with Crippen molar-refractivity contribution in [2.75, 3.05) is 4.90 Å². The molecule has 3 fully saturated rings. The number of allylic oxidation sites excluding steroid dienone is 2. The third-order valence-corrected chi connectivity index (χ3v) is 6.69. The SMILES string of the molecule is O=C1[C@@H]2[C@H](C(=O)N1c1cc(C(F)(F)F)ccc1Cl)[C@@H]1C=C[C@@H]2C12CC2. The summed E-state index contributed by atoms with van der Waals surface area (Å²) in [5, 5.41) is -0.0314. The van der Waals surface area contributed by atoms with E-state index in [9.17, 15) is 22.8 Å². The van der Waals surface area contributed by atoms with Crippen LogP contribution in [0.1, 0.15) is 18.4 Å². The maximum absolute atomic E-state index is 13.0. The molecule has 0 radical (unpaired) electrons. The highest BCUT2D eigenvalue weighted by atomic mass is 35.5. The van der Waals surface area contributed by atoms with Gasteiger partial charge >= 0.3 is 6.18 Å². The molecule has 7 heteroatoms. The van der Waals surface area contributed by atoms with Gasteiger partial charge in [-0.2, -0.15) is 13.2 Å². The molecule has 2 amide bonds. The van der Waals surface area contributed by atoms with Crippen molar-refractivity contribution in [3.05, 3.63) is 40.9 Å². The zero-order valence-electron chi connectivity index (χ0n) is 12.9. The van der Waals surface area contributed by atoms with Gasteiger partial charge in [0.05, 0.1) is 28.1 Å². The summed E-state index contributed by atoms with van der Waals surface area (Å²) in [6, 6.07) is 2.73. The van der Waals surface area contributed by atoms with Gasteiger partial charge in [0.2, 0.25) is 11.8 Å². The molecule has 130 valence electrons. The summed E-state index contributed by atoms with van der Waals surface area (Å²) in [7, 11) is 0. The number of carbonyl (C=O) groups excluding carboxylic acids is 2. The van der Waals surface area contributed by atoms with Crippen LogP contribution in [0.3, 0.4) is 0 Å². The summed E-state index contributed by atoms with van der Waals surface area (Å²) in [5.41, 5.74) is -1.04. The normalized spacial score (nSPS) is 34.3. The Morgan fingerprint density at radius 3 is 2.08 bits per heavy atom. The molecule has 1 aliphatic heterocycles. The van der Waals surface area contributed by atoms with Gasteiger partial charge in [-0.3, -0.25) is 9.59 Å². The number of carbonyl (C=O) groups is 2. The molecule has 2 saturated carbocycles. The highest BCUT2D eigenvalue weighted by molar-refractivity contribution is 6.36. The third kappa shape index (κ3) is 1.78. The quantitative estimate of drug-likeness (QED) is 0.554. The molecule has 1 heterocycles. The van der Waals surface area contributed by atoms with Gasteiger partial charge in [-0.05, 0) is 48.3 Å². The van der Waals surface area contributed by atoms with Gasteiger partial charge in [-0.1, -0.05) is 23.8 Å². The molecule has 4 atom stereocenters. The van der Waals surface area contributed by atoms with Crippen molar-refractivity contribution in [1.82, 2.24) is 0 Å². The van der Waals surface area contributed by atoms with Gasteiger partial charge in [0, 0.05) is 0 Å². The van der Waals surface area contributed by atoms with Gasteiger partial charge in [-0.15, -0.1) is 0 Å². The van der Waals surface area contributed by atoms with Gasteiger partial charge in [-0.25, -0.2) is 4.90 Å². The van der Waals surface area contributed by atoms with E-state index in [1.165, 1.54) is 0 Å². The van der Waals surface area contributed by atoms with E-state index in [2.05, 4.69) is 0 Å². The molecule has 0 aromatic heterocycles. The molecule has 5 rings (SSSR count). The maximum Gasteiger partial charge on any atom is 0.416 e. The van der Waals surface area contributed by atoms with Crippen molar-refractivity contribution < 1.29 is 22.8 Å². The van der Waals surface area contributed by atoms with Crippen LogP contribution >= 0.6 is 11.6 Å². The van der Waals surface area contributed by atoms with E-state index in [0.29, 0.717) is 0 Å². The Morgan fingerprint density at radius 1 is 1.04 bits per heavy atom. The zero-order valence-corrected chi connectivity index (χ0v) is 13.6. The van der Waals surface area contributed by atoms with Crippen LogP contribution in [0.5, 0.6) is 0 Å². The average Bonchev–Trinajstić information content (AvgIpc) is 3.13. The Balaban J connectivity index is 1.58. The van der Waals surface area contributed by atoms with Crippen molar-refractivity contribution in [2.45, 2.75) is 19.0 Å². The molecule has 3 aliphatic carbocycles. The van der Waals surface area contributed by atoms with E-state index in [-0.39, 0.29) is 28.0 Å². The number of amides is 2. The number of imide groups is 1. The summed E-state index contributed by atoms with van der Waals surface area (Å²) < 4.78 is 39.0. The average molecular weight is 368 g/mol. The minimum atomic E-state index is -4.57. The van der Waals surface area contributed by atoms with Crippen LogP contribution in [0, 0.1) is 29.1 Å². The first kappa shape index (κ1) is 15.4. The highest BCUT2D eigenvalue weighted by Gasteiger charge is 2.73. The first-order valence-electron chi connectivity index (χ1n) is 8.18. The number of rotatable bonds is 1. The van der Waals surface area contributed by atoms with Crippen molar-refractivity contribution in [1.29, 1.82) is 0 Å². The van der Waals surface area contributed by atoms with Crippen molar-refractivity contribution in [3.8, 4) is 0 Å². The first-order chi connectivity index (χ1) is 11.8. The van der Waals surface area contributed by atoms with Gasteiger partial charge in [0.1, 0.15) is 0 Å². The number of nitrogens with zero attached hydrogens (tertiary/aromatic N) is 1. The zero-order chi connectivity index (χ0) is 17.7. The molecule has 0 unspecified atom stereocenters. The van der Waals surface area contributed by atoms with E-state index < -0.39 is 35.4 Å². The molecule has 25 heavy (non-hydrogen) atoms. The summed E-state index contributed by atoms with van der Waals surface area (Å²) in [4.78, 5) is 26.8. The van der Waals surface area contributed by atoms with E-state index in [0.717, 1.165) is 35.9 Å². The highest BCUT2D eigenvalue weighted by Crippen LogP contribution is 2.73. The van der Waals surface area contributed by atoms with Crippen LogP contribution in [-0.2, 0) is 15.8 Å². The number of anilines is 1. The fourth-order valence-corrected chi connectivity index (χ4v) is 5.38. The topological polar surface area (TPSA) is 37.4 Å². The lowest BCUT2D eigenvalue weighted by Crippen LogP contribution is -2.35. The van der Waals surface area contributed by atoms with Gasteiger partial charge in [0.25, 0.3) is 0 Å². The molecule has 1 aromatic carbocycles. The number of hydrogen-bond donors (Lipinski definition) is 0. The number of halogens is 4. The van der Waals surface area contributed by atoms with Crippen molar-refractivity contribution in [2.24, 2.45) is 29.1 Å². The standard InChI is InChI=1S/C18H13ClF3NO2/c19-11-4-1-8(18(20,21)22)7-12(11)23-15(24)13-9-2-3-10(14(13)16(23)25)17(9)5-6-17/h1-4,7,9-10,13-14H,5-6H2/t9-,10-,13-,14+/m0/s1. The number of benzene rings is 1. The van der Waals surface area contributed by atoms with Gasteiger partial charge < -0.3 is 0 Å². The fourth-order valence-electron chi connectivity index (χ4n) is 5.18. The fraction of sp³-hybridized carbons (Fsp3) is 0.444. The van der Waals surface area contributed by atoms with Crippen LogP contribution in [0.4, 0.5) is 18.9 Å². The minimum Gasteiger partial charge on any atom is -0.274 e. The number of fused-ring (bicyclic) bond motifs is 3. The molecule has 1 aromatic rings. The second-order valence-electron chi connectivity index (χ2n) is 7.40. The van der Waals surface area contributed by atoms with Crippen molar-refractivity contribution >= 4 is 29.1 Å². The van der Waals surface area contributed by atoms with Crippen molar-refractivity contribution in [3.63, 3.8) is 0 Å². The largest absolute Gasteiger partial charge is 0.416 e.